The Hall–Kier alpha value is -1.85. The zero-order valence-electron chi connectivity index (χ0n) is 11.1. The van der Waals surface area contributed by atoms with E-state index in [4.69, 9.17) is 7.85 Å². The van der Waals surface area contributed by atoms with Gasteiger partial charge in [-0.2, -0.15) is 9.36 Å². The molecule has 1 saturated carbocycles. The Morgan fingerprint density at radius 1 is 1.37 bits per heavy atom. The average Bonchev–Trinajstić information content (AvgIpc) is 3.18. The number of hydrogen-bond acceptors (Lipinski definition) is 3. The van der Waals surface area contributed by atoms with Crippen LogP contribution in [0.2, 0.25) is 0 Å². The number of tetrazole rings is 1. The highest BCUT2D eigenvalue weighted by molar-refractivity contribution is 6.33. The number of nitrogens with zero attached hydrogens (tertiary/aromatic N) is 4. The highest BCUT2D eigenvalue weighted by Gasteiger charge is 2.28. The van der Waals surface area contributed by atoms with Crippen molar-refractivity contribution in [2.24, 2.45) is 7.05 Å². The summed E-state index contributed by atoms with van der Waals surface area (Å²) in [4.78, 5) is 12.0. The van der Waals surface area contributed by atoms with E-state index in [1.54, 1.807) is 7.05 Å². The molecule has 2 aromatic rings. The SMILES string of the molecule is [B]c1cc(C2CC2)c(-n2nnn(C)c2=O)cc1CC. The molecule has 1 aliphatic rings. The van der Waals surface area contributed by atoms with Crippen molar-refractivity contribution in [3.8, 4) is 5.69 Å². The second-order valence-corrected chi connectivity index (χ2v) is 5.03. The maximum Gasteiger partial charge on any atom is 0.368 e. The van der Waals surface area contributed by atoms with Crippen molar-refractivity contribution in [1.82, 2.24) is 19.8 Å². The molecule has 6 heteroatoms. The van der Waals surface area contributed by atoms with Crippen LogP contribution < -0.4 is 11.2 Å². The molecule has 0 aliphatic heterocycles. The number of aromatic nitrogens is 4. The molecule has 1 aromatic carbocycles. The van der Waals surface area contributed by atoms with Crippen molar-refractivity contribution in [1.29, 1.82) is 0 Å². The molecule has 3 rings (SSSR count). The van der Waals surface area contributed by atoms with E-state index in [9.17, 15) is 4.79 Å². The first kappa shape index (κ1) is 12.2. The van der Waals surface area contributed by atoms with Crippen LogP contribution in [0, 0.1) is 0 Å². The van der Waals surface area contributed by atoms with Gasteiger partial charge in [-0.05, 0) is 47.2 Å². The van der Waals surface area contributed by atoms with Crippen LogP contribution >= 0.6 is 0 Å². The lowest BCUT2D eigenvalue weighted by atomic mass is 9.86. The van der Waals surface area contributed by atoms with E-state index in [0.29, 0.717) is 5.92 Å². The molecule has 0 N–H and O–H groups in total. The average molecular weight is 254 g/mol. The summed E-state index contributed by atoms with van der Waals surface area (Å²) in [5.41, 5.74) is 3.54. The Morgan fingerprint density at radius 2 is 2.11 bits per heavy atom. The van der Waals surface area contributed by atoms with Crippen molar-refractivity contribution in [3.63, 3.8) is 0 Å². The quantitative estimate of drug-likeness (QED) is 0.735. The molecule has 5 nitrogen and oxygen atoms in total. The van der Waals surface area contributed by atoms with Gasteiger partial charge >= 0.3 is 5.69 Å². The van der Waals surface area contributed by atoms with Crippen LogP contribution in [0.4, 0.5) is 0 Å². The van der Waals surface area contributed by atoms with Gasteiger partial charge in [0.25, 0.3) is 0 Å². The van der Waals surface area contributed by atoms with Crippen LogP contribution in [0.25, 0.3) is 5.69 Å². The van der Waals surface area contributed by atoms with E-state index in [0.717, 1.165) is 41.5 Å². The fourth-order valence-electron chi connectivity index (χ4n) is 2.34. The number of benzene rings is 1. The monoisotopic (exact) mass is 254 g/mol. The smallest absolute Gasteiger partial charge is 0.244 e. The third kappa shape index (κ3) is 2.01. The summed E-state index contributed by atoms with van der Waals surface area (Å²) >= 11 is 0. The fourth-order valence-corrected chi connectivity index (χ4v) is 2.34. The molecule has 0 spiro atoms. The molecule has 1 aromatic heterocycles. The molecule has 1 fully saturated rings. The van der Waals surface area contributed by atoms with Crippen LogP contribution in [0.3, 0.4) is 0 Å². The van der Waals surface area contributed by atoms with Crippen LogP contribution in [-0.4, -0.2) is 27.6 Å². The van der Waals surface area contributed by atoms with Gasteiger partial charge in [0.1, 0.15) is 7.85 Å². The van der Waals surface area contributed by atoms with Gasteiger partial charge in [0.2, 0.25) is 0 Å². The van der Waals surface area contributed by atoms with E-state index >= 15 is 0 Å². The zero-order valence-corrected chi connectivity index (χ0v) is 11.1. The first-order valence-electron chi connectivity index (χ1n) is 6.53. The Labute approximate surface area is 112 Å². The van der Waals surface area contributed by atoms with Crippen molar-refractivity contribution >= 4 is 13.3 Å². The largest absolute Gasteiger partial charge is 0.368 e. The summed E-state index contributed by atoms with van der Waals surface area (Å²) in [6.07, 6.45) is 3.12. The maximum absolute atomic E-state index is 12.0. The van der Waals surface area contributed by atoms with Crippen molar-refractivity contribution < 1.29 is 0 Å². The van der Waals surface area contributed by atoms with Crippen LogP contribution in [0.15, 0.2) is 16.9 Å². The summed E-state index contributed by atoms with van der Waals surface area (Å²) < 4.78 is 2.60. The summed E-state index contributed by atoms with van der Waals surface area (Å²) in [7, 11) is 7.66. The molecule has 1 aliphatic carbocycles. The molecule has 96 valence electrons. The molecule has 1 heterocycles. The lowest BCUT2D eigenvalue weighted by Crippen LogP contribution is -2.24. The third-order valence-corrected chi connectivity index (χ3v) is 3.64. The predicted molar refractivity (Wildman–Crippen MR) is 73.3 cm³/mol. The molecule has 0 bridgehead atoms. The minimum Gasteiger partial charge on any atom is -0.244 e. The Morgan fingerprint density at radius 3 is 2.63 bits per heavy atom. The molecule has 0 atom stereocenters. The fraction of sp³-hybridized carbons (Fsp3) is 0.462. The molecule has 2 radical (unpaired) electrons. The first-order chi connectivity index (χ1) is 9.11. The number of hydrogen-bond donors (Lipinski definition) is 0. The van der Waals surface area contributed by atoms with E-state index < -0.39 is 0 Å². The van der Waals surface area contributed by atoms with E-state index in [1.165, 1.54) is 9.36 Å². The first-order valence-corrected chi connectivity index (χ1v) is 6.53. The number of rotatable bonds is 3. The van der Waals surface area contributed by atoms with Gasteiger partial charge < -0.3 is 0 Å². The van der Waals surface area contributed by atoms with Gasteiger partial charge in [0.15, 0.2) is 0 Å². The topological polar surface area (TPSA) is 52.7 Å². The Bertz CT molecular complexity index is 684. The van der Waals surface area contributed by atoms with Crippen molar-refractivity contribution in [2.75, 3.05) is 0 Å². The molecule has 0 amide bonds. The van der Waals surface area contributed by atoms with Gasteiger partial charge in [-0.25, -0.2) is 4.79 Å². The highest BCUT2D eigenvalue weighted by atomic mass is 16.2. The molecular weight excluding hydrogens is 239 g/mol. The summed E-state index contributed by atoms with van der Waals surface area (Å²) in [6.45, 7) is 2.05. The van der Waals surface area contributed by atoms with Crippen LogP contribution in [0.5, 0.6) is 0 Å². The third-order valence-electron chi connectivity index (χ3n) is 3.64. The lowest BCUT2D eigenvalue weighted by molar-refractivity contribution is 0.692. The minimum atomic E-state index is -0.228. The number of aryl methyl sites for hydroxylation is 2. The van der Waals surface area contributed by atoms with E-state index in [2.05, 4.69) is 10.4 Å². The van der Waals surface area contributed by atoms with Gasteiger partial charge in [0, 0.05) is 7.05 Å². The molecular formula is C13H15BN4O. The standard InChI is InChI=1S/C13H15BN4O/c1-3-8-6-12(18-13(19)17(2)15-16-18)10(7-11(8)14)9-4-5-9/h6-7,9H,3-5H2,1-2H3. The molecule has 0 unspecified atom stereocenters. The predicted octanol–water partition coefficient (Wildman–Crippen LogP) is 0.200. The maximum atomic E-state index is 12.0. The molecule has 19 heavy (non-hydrogen) atoms. The van der Waals surface area contributed by atoms with Crippen LogP contribution in [0.1, 0.15) is 36.8 Å². The highest BCUT2D eigenvalue weighted by Crippen LogP contribution is 2.42. The van der Waals surface area contributed by atoms with Gasteiger partial charge in [-0.1, -0.05) is 24.0 Å². The van der Waals surface area contributed by atoms with Crippen molar-refractivity contribution in [3.05, 3.63) is 33.7 Å². The summed E-state index contributed by atoms with van der Waals surface area (Å²) in [5, 5.41) is 7.71. The Balaban J connectivity index is 2.23. The second kappa shape index (κ2) is 4.37. The van der Waals surface area contributed by atoms with Crippen molar-refractivity contribution in [2.45, 2.75) is 32.1 Å². The van der Waals surface area contributed by atoms with Gasteiger partial charge in [-0.3, -0.25) is 0 Å². The summed E-state index contributed by atoms with van der Waals surface area (Å²) in [6, 6.07) is 3.96. The second-order valence-electron chi connectivity index (χ2n) is 5.03. The normalized spacial score (nSPS) is 14.8. The summed E-state index contributed by atoms with van der Waals surface area (Å²) in [5.74, 6) is 0.497. The lowest BCUT2D eigenvalue weighted by Gasteiger charge is -2.12. The van der Waals surface area contributed by atoms with E-state index in [-0.39, 0.29) is 5.69 Å². The minimum absolute atomic E-state index is 0.228. The Kier molecular flexibility index (Phi) is 2.80. The van der Waals surface area contributed by atoms with Gasteiger partial charge in [-0.15, -0.1) is 0 Å². The molecule has 0 saturated heterocycles. The van der Waals surface area contributed by atoms with Crippen LogP contribution in [-0.2, 0) is 13.5 Å². The van der Waals surface area contributed by atoms with Gasteiger partial charge in [0.05, 0.1) is 5.69 Å². The zero-order chi connectivity index (χ0) is 13.6. The van der Waals surface area contributed by atoms with E-state index in [1.807, 2.05) is 19.1 Å².